The highest BCUT2D eigenvalue weighted by atomic mass is 16.7. The molecule has 12 heavy (non-hydrogen) atoms. The van der Waals surface area contributed by atoms with E-state index >= 15 is 0 Å². The minimum Gasteiger partial charge on any atom is -0.430 e. The number of carbonyl (C=O) groups excluding carboxylic acids is 1. The normalized spacial score (nSPS) is 9.33. The van der Waals surface area contributed by atoms with E-state index in [4.69, 9.17) is 4.74 Å². The minimum atomic E-state index is -0.0433. The van der Waals surface area contributed by atoms with Crippen LogP contribution in [0.25, 0.3) is 0 Å². The van der Waals surface area contributed by atoms with E-state index in [2.05, 4.69) is 4.74 Å². The van der Waals surface area contributed by atoms with Crippen LogP contribution in [0, 0.1) is 0 Å². The molecule has 0 bridgehead atoms. The number of rotatable bonds is 5. The highest BCUT2D eigenvalue weighted by molar-refractivity contribution is 5.37. The van der Waals surface area contributed by atoms with Gasteiger partial charge in [0.25, 0.3) is 0 Å². The predicted octanol–water partition coefficient (Wildman–Crippen LogP) is 1.24. The molecule has 0 spiro atoms. The largest absolute Gasteiger partial charge is 0.430 e. The molecule has 0 amide bonds. The highest BCUT2D eigenvalue weighted by Crippen LogP contribution is 1.99. The van der Waals surface area contributed by atoms with Crippen LogP contribution in [0.2, 0.25) is 0 Å². The average Bonchev–Trinajstić information content (AvgIpc) is 2.14. The third-order valence-corrected chi connectivity index (χ3v) is 1.31. The summed E-state index contributed by atoms with van der Waals surface area (Å²) >= 11 is 0. The van der Waals surface area contributed by atoms with Crippen LogP contribution >= 0.6 is 0 Å². The molecule has 0 saturated carbocycles. The zero-order valence-corrected chi connectivity index (χ0v) is 6.53. The Kier molecular flexibility index (Phi) is 3.88. The van der Waals surface area contributed by atoms with Crippen molar-refractivity contribution in [1.82, 2.24) is 0 Å². The Labute approximate surface area is 70.9 Å². The van der Waals surface area contributed by atoms with E-state index in [1.54, 1.807) is 0 Å². The molecule has 0 saturated heterocycles. The van der Waals surface area contributed by atoms with Crippen molar-refractivity contribution in [3.63, 3.8) is 0 Å². The first-order valence-corrected chi connectivity index (χ1v) is 3.54. The summed E-state index contributed by atoms with van der Waals surface area (Å²) < 4.78 is 9.20. The van der Waals surface area contributed by atoms with Gasteiger partial charge in [-0.15, -0.1) is 0 Å². The van der Waals surface area contributed by atoms with Crippen LogP contribution in [0.3, 0.4) is 0 Å². The molecule has 1 radical (unpaired) electrons. The van der Waals surface area contributed by atoms with Crippen LogP contribution in [-0.4, -0.2) is 13.3 Å². The summed E-state index contributed by atoms with van der Waals surface area (Å²) in [7, 11) is 0. The van der Waals surface area contributed by atoms with Gasteiger partial charge >= 0.3 is 6.47 Å². The van der Waals surface area contributed by atoms with Crippen molar-refractivity contribution in [2.45, 2.75) is 6.61 Å². The lowest BCUT2D eigenvalue weighted by Crippen LogP contribution is -1.98. The van der Waals surface area contributed by atoms with Gasteiger partial charge in [-0.1, -0.05) is 30.3 Å². The standard InChI is InChI=1S/C9H9O3/c10-7-12-8-11-6-9-4-2-1-3-5-9/h1-5H,6,8H2. The quantitative estimate of drug-likeness (QED) is 0.486. The number of ether oxygens (including phenoxy) is 2. The lowest BCUT2D eigenvalue weighted by atomic mass is 10.2. The molecule has 3 nitrogen and oxygen atoms in total. The van der Waals surface area contributed by atoms with E-state index in [1.165, 1.54) is 6.47 Å². The summed E-state index contributed by atoms with van der Waals surface area (Å²) in [4.78, 5) is 9.59. The smallest absolute Gasteiger partial charge is 0.419 e. The first kappa shape index (κ1) is 8.74. The molecule has 1 aromatic carbocycles. The van der Waals surface area contributed by atoms with Crippen molar-refractivity contribution in [3.05, 3.63) is 35.9 Å². The molecule has 0 aliphatic carbocycles. The maximum atomic E-state index is 9.59. The summed E-state index contributed by atoms with van der Waals surface area (Å²) in [6.07, 6.45) is 0. The summed E-state index contributed by atoms with van der Waals surface area (Å²) in [5.74, 6) is 0. The fourth-order valence-electron chi connectivity index (χ4n) is 0.799. The number of hydrogen-bond acceptors (Lipinski definition) is 3. The molecule has 0 unspecified atom stereocenters. The summed E-state index contributed by atoms with van der Waals surface area (Å²) in [5, 5.41) is 0. The second-order valence-corrected chi connectivity index (χ2v) is 2.18. The molecule has 63 valence electrons. The fraction of sp³-hybridized carbons (Fsp3) is 0.222. The molecular formula is C9H9O3. The van der Waals surface area contributed by atoms with Crippen molar-refractivity contribution >= 4 is 6.47 Å². The van der Waals surface area contributed by atoms with Crippen LogP contribution in [0.1, 0.15) is 5.56 Å². The summed E-state index contributed by atoms with van der Waals surface area (Å²) in [5.41, 5.74) is 1.05. The van der Waals surface area contributed by atoms with E-state index in [-0.39, 0.29) is 6.79 Å². The average molecular weight is 165 g/mol. The Bertz CT molecular complexity index is 220. The minimum absolute atomic E-state index is 0.0433. The molecule has 0 aliphatic rings. The van der Waals surface area contributed by atoms with Gasteiger partial charge in [0.05, 0.1) is 6.61 Å². The Hall–Kier alpha value is -1.35. The van der Waals surface area contributed by atoms with Gasteiger partial charge in [-0.3, -0.25) is 0 Å². The number of hydrogen-bond donors (Lipinski definition) is 0. The SMILES string of the molecule is O=[C]OCOCc1ccccc1. The molecule has 0 aromatic heterocycles. The van der Waals surface area contributed by atoms with Crippen molar-refractivity contribution in [2.75, 3.05) is 6.79 Å². The van der Waals surface area contributed by atoms with Crippen LogP contribution < -0.4 is 0 Å². The van der Waals surface area contributed by atoms with Gasteiger partial charge in [0, 0.05) is 0 Å². The first-order chi connectivity index (χ1) is 5.93. The van der Waals surface area contributed by atoms with Crippen LogP contribution in [0.15, 0.2) is 30.3 Å². The van der Waals surface area contributed by atoms with Gasteiger partial charge in [0.1, 0.15) is 0 Å². The van der Waals surface area contributed by atoms with E-state index in [9.17, 15) is 4.79 Å². The van der Waals surface area contributed by atoms with E-state index in [1.807, 2.05) is 30.3 Å². The summed E-state index contributed by atoms with van der Waals surface area (Å²) in [6.45, 7) is 1.68. The van der Waals surface area contributed by atoms with E-state index < -0.39 is 0 Å². The molecule has 3 heteroatoms. The Morgan fingerprint density at radius 3 is 2.67 bits per heavy atom. The van der Waals surface area contributed by atoms with E-state index in [0.717, 1.165) is 5.56 Å². The van der Waals surface area contributed by atoms with Crippen molar-refractivity contribution in [1.29, 1.82) is 0 Å². The molecular weight excluding hydrogens is 156 g/mol. The second kappa shape index (κ2) is 5.32. The molecule has 1 rings (SSSR count). The van der Waals surface area contributed by atoms with Crippen molar-refractivity contribution in [2.24, 2.45) is 0 Å². The molecule has 0 N–H and O–H groups in total. The monoisotopic (exact) mass is 165 g/mol. The third-order valence-electron chi connectivity index (χ3n) is 1.31. The molecule has 0 aliphatic heterocycles. The van der Waals surface area contributed by atoms with Crippen molar-refractivity contribution in [3.8, 4) is 0 Å². The third kappa shape index (κ3) is 3.16. The topological polar surface area (TPSA) is 35.5 Å². The van der Waals surface area contributed by atoms with Gasteiger partial charge < -0.3 is 9.47 Å². The van der Waals surface area contributed by atoms with Gasteiger partial charge in [-0.25, -0.2) is 4.79 Å². The fourth-order valence-corrected chi connectivity index (χ4v) is 0.799. The first-order valence-electron chi connectivity index (χ1n) is 3.54. The Morgan fingerprint density at radius 1 is 1.25 bits per heavy atom. The van der Waals surface area contributed by atoms with Gasteiger partial charge in [0.15, 0.2) is 6.79 Å². The van der Waals surface area contributed by atoms with Gasteiger partial charge in [0.2, 0.25) is 0 Å². The van der Waals surface area contributed by atoms with E-state index in [0.29, 0.717) is 6.61 Å². The van der Waals surface area contributed by atoms with Crippen LogP contribution in [-0.2, 0) is 20.9 Å². The number of benzene rings is 1. The van der Waals surface area contributed by atoms with Crippen LogP contribution in [0.4, 0.5) is 0 Å². The lowest BCUT2D eigenvalue weighted by Gasteiger charge is -2.00. The van der Waals surface area contributed by atoms with Gasteiger partial charge in [-0.2, -0.15) is 0 Å². The molecule has 1 aromatic rings. The van der Waals surface area contributed by atoms with Crippen molar-refractivity contribution < 1.29 is 14.3 Å². The second-order valence-electron chi connectivity index (χ2n) is 2.18. The maximum absolute atomic E-state index is 9.59. The van der Waals surface area contributed by atoms with Gasteiger partial charge in [-0.05, 0) is 5.56 Å². The summed E-state index contributed by atoms with van der Waals surface area (Å²) in [6, 6.07) is 9.64. The molecule has 0 atom stereocenters. The maximum Gasteiger partial charge on any atom is 0.419 e. The Morgan fingerprint density at radius 2 is 2.00 bits per heavy atom. The molecule has 0 fully saturated rings. The van der Waals surface area contributed by atoms with Crippen LogP contribution in [0.5, 0.6) is 0 Å². The lowest BCUT2D eigenvalue weighted by molar-refractivity contribution is -0.00396. The zero-order valence-electron chi connectivity index (χ0n) is 6.53. The highest BCUT2D eigenvalue weighted by Gasteiger charge is 1.90. The molecule has 0 heterocycles. The predicted molar refractivity (Wildman–Crippen MR) is 42.9 cm³/mol. The zero-order chi connectivity index (χ0) is 8.65. The Balaban J connectivity index is 2.20.